The normalized spacial score (nSPS) is 13.7. The average molecular weight is 1820 g/mol. The lowest BCUT2D eigenvalue weighted by Crippen LogP contribution is -2.60. The number of benzene rings is 6. The van der Waals surface area contributed by atoms with Gasteiger partial charge >= 0.3 is 13.1 Å². The molecule has 6 aromatic carbocycles. The number of anilines is 2. The summed E-state index contributed by atoms with van der Waals surface area (Å²) in [5.41, 5.74) is 42.5. The second kappa shape index (κ2) is 56.6. The highest BCUT2D eigenvalue weighted by atomic mass is 16.4. The van der Waals surface area contributed by atoms with E-state index in [1.807, 2.05) is 97.1 Å². The van der Waals surface area contributed by atoms with Crippen LogP contribution >= 0.6 is 0 Å². The summed E-state index contributed by atoms with van der Waals surface area (Å²) in [6.45, 7) is 5.89. The Morgan fingerprint density at radius 1 is 0.341 bits per heavy atom. The molecule has 0 saturated heterocycles. The number of pyridine rings is 2. The molecular weight excluding hydrogens is 1680 g/mol. The lowest BCUT2D eigenvalue weighted by molar-refractivity contribution is -0.142. The summed E-state index contributed by atoms with van der Waals surface area (Å²) >= 11 is 0. The van der Waals surface area contributed by atoms with E-state index in [0.29, 0.717) is 122 Å². The number of unbranched alkanes of at least 4 members (excludes halogenated alkanes) is 8. The largest absolute Gasteiger partial charge is 0.508 e. The van der Waals surface area contributed by atoms with Gasteiger partial charge < -0.3 is 118 Å². The summed E-state index contributed by atoms with van der Waals surface area (Å²) in [5, 5.41) is 78.5. The maximum Gasteiger partial charge on any atom is 0.488 e. The third kappa shape index (κ3) is 34.3. The van der Waals surface area contributed by atoms with E-state index in [4.69, 9.17) is 44.4 Å². The SMILES string of the molecule is CC(C)C[C@H](NC(=O)[C@H](CCCCN)NC(=O)[C@H](CCCCN)NC(=O)[C@H](CCCCN)NC(=O)[C@H](CCCCNc1c2ccccc2nc2ccccc12)NC(=O)[C@H](CCCCN)NC(=O)[C@H](CCCCN)NC(=O)[C@@H](N)CCCCNc1c2ccccc2nc2ccccc12)C(=O)N[C@@H](CCCCNC(=O)c1ccc(B(O)O)cc1)C(=O)N[C@@H](Cc1ccc(O)cc1)C(=O)O. The van der Waals surface area contributed by atoms with Crippen molar-refractivity contribution in [3.05, 3.63) is 157 Å². The molecule has 0 bridgehead atoms. The molecular formula is C96H137BN20O15. The second-order valence-corrected chi connectivity index (χ2v) is 34.1. The molecule has 10 atom stereocenters. The van der Waals surface area contributed by atoms with Crippen molar-refractivity contribution in [2.75, 3.05) is 63.0 Å². The molecule has 8 aromatic rings. The number of carbonyl (C=O) groups excluding carboxylic acids is 10. The van der Waals surface area contributed by atoms with Gasteiger partial charge in [-0.05, 0) is 259 Å². The third-order valence-corrected chi connectivity index (χ3v) is 23.1. The minimum Gasteiger partial charge on any atom is -0.508 e. The smallest absolute Gasteiger partial charge is 0.488 e. The number of nitrogens with one attached hydrogen (secondary N) is 12. The van der Waals surface area contributed by atoms with Crippen LogP contribution in [-0.4, -0.2) is 215 Å². The van der Waals surface area contributed by atoms with Gasteiger partial charge in [0, 0.05) is 53.2 Å². The zero-order chi connectivity index (χ0) is 95.3. The number of phenolic OH excluding ortho intramolecular Hbond substituents is 1. The van der Waals surface area contributed by atoms with E-state index in [1.165, 1.54) is 48.5 Å². The number of carboxylic acids is 1. The molecule has 8 rings (SSSR count). The van der Waals surface area contributed by atoms with Crippen molar-refractivity contribution < 1.29 is 73.0 Å². The number of aromatic hydroxyl groups is 1. The maximum absolute atomic E-state index is 15.4. The van der Waals surface area contributed by atoms with E-state index in [2.05, 4.69) is 63.8 Å². The van der Waals surface area contributed by atoms with Gasteiger partial charge in [-0.25, -0.2) is 14.8 Å². The molecule has 10 amide bonds. The Hall–Kier alpha value is -12.0. The first-order chi connectivity index (χ1) is 63.7. The van der Waals surface area contributed by atoms with Crippen LogP contribution in [0.15, 0.2) is 146 Å². The third-order valence-electron chi connectivity index (χ3n) is 23.1. The number of hydrogen-bond donors (Lipinski definition) is 22. The molecule has 0 fully saturated rings. The van der Waals surface area contributed by atoms with Crippen molar-refractivity contribution in [1.82, 2.24) is 63.1 Å². The molecule has 2 aromatic heterocycles. The van der Waals surface area contributed by atoms with Gasteiger partial charge in [-0.15, -0.1) is 0 Å². The number of hydrogen-bond acceptors (Lipinski definition) is 24. The molecule has 0 aliphatic carbocycles. The molecule has 0 aliphatic heterocycles. The lowest BCUT2D eigenvalue weighted by Gasteiger charge is -2.29. The number of rotatable bonds is 62. The number of aliphatic carboxylic acids is 1. The van der Waals surface area contributed by atoms with Crippen molar-refractivity contribution in [3.63, 3.8) is 0 Å². The number of carbonyl (C=O) groups is 11. The van der Waals surface area contributed by atoms with Gasteiger partial charge in [0.1, 0.15) is 60.1 Å². The van der Waals surface area contributed by atoms with Crippen LogP contribution < -0.4 is 104 Å². The van der Waals surface area contributed by atoms with Crippen LogP contribution in [0.1, 0.15) is 190 Å². The number of carboxylic acid groups (broad SMARTS) is 1. The first-order valence-corrected chi connectivity index (χ1v) is 46.5. The minimum absolute atomic E-state index is 0.00214. The highest BCUT2D eigenvalue weighted by Gasteiger charge is 2.37. The monoisotopic (exact) mass is 1820 g/mol. The highest BCUT2D eigenvalue weighted by molar-refractivity contribution is 6.58. The summed E-state index contributed by atoms with van der Waals surface area (Å²) in [6, 6.07) is 29.5. The number of para-hydroxylation sites is 4. The van der Waals surface area contributed by atoms with Crippen molar-refractivity contribution in [2.24, 2.45) is 40.3 Å². The molecule has 0 spiro atoms. The highest BCUT2D eigenvalue weighted by Crippen LogP contribution is 2.33. The van der Waals surface area contributed by atoms with E-state index in [0.717, 1.165) is 55.0 Å². The fraction of sp³-hybridized carbons (Fsp3) is 0.490. The van der Waals surface area contributed by atoms with Crippen LogP contribution in [0.25, 0.3) is 43.6 Å². The van der Waals surface area contributed by atoms with Crippen LogP contribution in [0.5, 0.6) is 5.75 Å². The van der Waals surface area contributed by atoms with Gasteiger partial charge in [-0.3, -0.25) is 47.9 Å². The fourth-order valence-corrected chi connectivity index (χ4v) is 15.7. The van der Waals surface area contributed by atoms with Crippen LogP contribution in [0.4, 0.5) is 11.4 Å². The Morgan fingerprint density at radius 3 is 0.947 bits per heavy atom. The van der Waals surface area contributed by atoms with Crippen molar-refractivity contribution in [1.29, 1.82) is 0 Å². The van der Waals surface area contributed by atoms with E-state index in [-0.39, 0.29) is 126 Å². The van der Waals surface area contributed by atoms with Gasteiger partial charge in [0.2, 0.25) is 53.2 Å². The first-order valence-electron chi connectivity index (χ1n) is 46.5. The number of amides is 10. The zero-order valence-electron chi connectivity index (χ0n) is 76.0. The van der Waals surface area contributed by atoms with Crippen molar-refractivity contribution in [3.8, 4) is 5.75 Å². The number of fused-ring (bicyclic) bond motifs is 4. The average Bonchev–Trinajstić information content (AvgIpc) is 0.780. The van der Waals surface area contributed by atoms with E-state index in [1.54, 1.807) is 13.8 Å². The minimum atomic E-state index is -1.74. The van der Waals surface area contributed by atoms with E-state index >= 15 is 19.2 Å². The number of nitrogens with two attached hydrogens (primary N) is 6. The summed E-state index contributed by atoms with van der Waals surface area (Å²) < 4.78 is 0. The number of aromatic nitrogens is 2. The molecule has 28 N–H and O–H groups in total. The quantitative estimate of drug-likeness (QED) is 0.0140. The summed E-state index contributed by atoms with van der Waals surface area (Å²) in [5.74, 6) is -9.06. The summed E-state index contributed by atoms with van der Waals surface area (Å²) in [4.78, 5) is 169. The van der Waals surface area contributed by atoms with Gasteiger partial charge in [0.15, 0.2) is 0 Å². The lowest BCUT2D eigenvalue weighted by atomic mass is 9.80. The zero-order valence-corrected chi connectivity index (χ0v) is 76.0. The molecule has 0 saturated carbocycles. The Morgan fingerprint density at radius 2 is 0.629 bits per heavy atom. The van der Waals surface area contributed by atoms with E-state index < -0.39 is 133 Å². The van der Waals surface area contributed by atoms with Crippen molar-refractivity contribution in [2.45, 2.75) is 241 Å². The maximum atomic E-state index is 15.4. The first kappa shape index (κ1) is 105. The standard InChI is InChI=1S/C96H137BN20O15/c1-61(2)59-82(95(128)115-81(94(127)117-83(96(129)130)60-62-43-49-65(118)50-44-62)42-18-26-58-106-86(119)63-45-47-64(48-46-63)97(131)132)116-93(126)79(40-15-23-55-102)113-90(123)78(39-14-22-54-101)111-89(122)77(38-13-21-53-100)112-92(125)80(41-17-25-57-105-85-68-29-5-9-34-73(68)108-74-35-10-6-30-69(74)85)114-91(124)76(37-12-20-52-99)110-88(121)75(36-11-19-51-98)109-87(120)70(103)31-16-24-56-104-84-66-27-3-7-32-71(66)107-72-33-8-4-28-67(72)84/h3-10,27-30,32-35,43-50,61,70,75-83,118,131-132H,11-26,31,36-42,51-60,98-103H2,1-2H3,(H,104,107)(H,105,108)(H,106,119)(H,109,120)(H,110,121)(H,111,122)(H,112,125)(H,113,123)(H,114,124)(H,115,128)(H,116,126)(H,117,127)(H,129,130)/t70-,75-,76-,77-,78-,79-,80-,81-,82-,83-/m0/s1. The Balaban J connectivity index is 0.998. The molecule has 714 valence electrons. The van der Waals surface area contributed by atoms with Gasteiger partial charge in [0.05, 0.1) is 39.5 Å². The molecule has 36 heteroatoms. The van der Waals surface area contributed by atoms with Gasteiger partial charge in [-0.1, -0.05) is 111 Å². The van der Waals surface area contributed by atoms with Gasteiger partial charge in [0.25, 0.3) is 5.91 Å². The Labute approximate surface area is 771 Å². The van der Waals surface area contributed by atoms with Crippen LogP contribution in [0, 0.1) is 5.92 Å². The molecule has 0 unspecified atom stereocenters. The summed E-state index contributed by atoms with van der Waals surface area (Å²) in [6.07, 6.45) is 6.65. The molecule has 2 heterocycles. The Bertz CT molecular complexity index is 4930. The second-order valence-electron chi connectivity index (χ2n) is 34.1. The molecule has 35 nitrogen and oxygen atoms in total. The van der Waals surface area contributed by atoms with Crippen molar-refractivity contribution >= 4 is 133 Å². The van der Waals surface area contributed by atoms with E-state index in [9.17, 15) is 53.8 Å². The molecule has 132 heavy (non-hydrogen) atoms. The predicted octanol–water partition coefficient (Wildman–Crippen LogP) is 4.65. The van der Waals surface area contributed by atoms with Gasteiger partial charge in [-0.2, -0.15) is 0 Å². The van der Waals surface area contributed by atoms with Crippen LogP contribution in [-0.2, 0) is 54.4 Å². The number of phenols is 1. The predicted molar refractivity (Wildman–Crippen MR) is 514 cm³/mol. The summed E-state index contributed by atoms with van der Waals surface area (Å²) in [7, 11) is -1.74. The van der Waals surface area contributed by atoms with Crippen LogP contribution in [0.2, 0.25) is 0 Å². The molecule has 0 radical (unpaired) electrons. The molecule has 0 aliphatic rings. The topological polar surface area (TPSA) is 595 Å². The number of nitrogens with zero attached hydrogens (tertiary/aromatic N) is 2. The van der Waals surface area contributed by atoms with Crippen LogP contribution in [0.3, 0.4) is 0 Å². The Kier molecular flexibility index (Phi) is 45.2. The fourth-order valence-electron chi connectivity index (χ4n) is 15.7.